The van der Waals surface area contributed by atoms with Gasteiger partial charge < -0.3 is 15.1 Å². The summed E-state index contributed by atoms with van der Waals surface area (Å²) in [4.78, 5) is 2.12. The van der Waals surface area contributed by atoms with Crippen LogP contribution in [0.4, 0.5) is 11.7 Å². The van der Waals surface area contributed by atoms with E-state index in [1.807, 2.05) is 24.3 Å². The summed E-state index contributed by atoms with van der Waals surface area (Å²) < 4.78 is 5.83. The van der Waals surface area contributed by atoms with E-state index in [1.54, 1.807) is 0 Å². The Morgan fingerprint density at radius 2 is 1.73 bits per heavy atom. The molecule has 5 nitrogen and oxygen atoms in total. The molecule has 2 N–H and O–H groups in total. The summed E-state index contributed by atoms with van der Waals surface area (Å²) in [5.41, 5.74) is 10.0. The van der Waals surface area contributed by atoms with Gasteiger partial charge in [0.15, 0.2) is 0 Å². The normalized spacial score (nSPS) is 13.9. The lowest BCUT2D eigenvalue weighted by Gasteiger charge is -2.26. The van der Waals surface area contributed by atoms with Crippen LogP contribution in [0.5, 0.6) is 0 Å². The molecule has 2 heterocycles. The van der Waals surface area contributed by atoms with Crippen molar-refractivity contribution < 1.29 is 4.42 Å². The summed E-state index contributed by atoms with van der Waals surface area (Å²) in [6.45, 7) is 1.69. The number of hydrogen-bond donors (Lipinski definition) is 1. The van der Waals surface area contributed by atoms with Crippen molar-refractivity contribution in [2.75, 3.05) is 17.2 Å². The molecule has 0 aliphatic carbocycles. The number of benzene rings is 2. The van der Waals surface area contributed by atoms with E-state index in [9.17, 15) is 0 Å². The first-order valence-corrected chi connectivity index (χ1v) is 7.31. The molecule has 110 valence electrons. The molecule has 0 amide bonds. The molecule has 1 aliphatic rings. The van der Waals surface area contributed by atoms with Crippen LogP contribution in [0.25, 0.3) is 11.5 Å². The average Bonchev–Trinajstić information content (AvgIpc) is 3.05. The Kier molecular flexibility index (Phi) is 3.04. The number of hydrogen-bond acceptors (Lipinski definition) is 5. The van der Waals surface area contributed by atoms with Crippen LogP contribution in [0.3, 0.4) is 0 Å². The van der Waals surface area contributed by atoms with Crippen molar-refractivity contribution in [1.82, 2.24) is 10.2 Å². The summed E-state index contributed by atoms with van der Waals surface area (Å²) in [5.74, 6) is 0.522. The second kappa shape index (κ2) is 5.18. The minimum Gasteiger partial charge on any atom is -0.403 e. The third kappa shape index (κ3) is 2.30. The average molecular weight is 292 g/mol. The molecule has 0 unspecified atom stereocenters. The van der Waals surface area contributed by atoms with Gasteiger partial charge in [0.1, 0.15) is 0 Å². The lowest BCUT2D eigenvalue weighted by Crippen LogP contribution is -2.30. The molecule has 22 heavy (non-hydrogen) atoms. The summed E-state index contributed by atoms with van der Waals surface area (Å²) in [6.07, 6.45) is 0.996. The van der Waals surface area contributed by atoms with Crippen molar-refractivity contribution in [2.24, 2.45) is 0 Å². The van der Waals surface area contributed by atoms with Gasteiger partial charge in [-0.2, -0.15) is 0 Å². The van der Waals surface area contributed by atoms with Crippen LogP contribution < -0.4 is 10.6 Å². The van der Waals surface area contributed by atoms with Crippen molar-refractivity contribution in [2.45, 2.75) is 13.0 Å². The number of anilines is 2. The highest BCUT2D eigenvalue weighted by Crippen LogP contribution is 2.26. The van der Waals surface area contributed by atoms with E-state index in [2.05, 4.69) is 39.4 Å². The van der Waals surface area contributed by atoms with Crippen molar-refractivity contribution in [1.29, 1.82) is 0 Å². The zero-order chi connectivity index (χ0) is 14.9. The van der Waals surface area contributed by atoms with E-state index in [0.29, 0.717) is 11.9 Å². The molecular weight excluding hydrogens is 276 g/mol. The van der Waals surface area contributed by atoms with Gasteiger partial charge in [0.2, 0.25) is 5.89 Å². The lowest BCUT2D eigenvalue weighted by atomic mass is 10.0. The Morgan fingerprint density at radius 3 is 2.55 bits per heavy atom. The first-order valence-electron chi connectivity index (χ1n) is 7.31. The molecule has 0 fully saturated rings. The molecule has 0 saturated carbocycles. The van der Waals surface area contributed by atoms with E-state index in [4.69, 9.17) is 10.2 Å². The van der Waals surface area contributed by atoms with Gasteiger partial charge in [0.25, 0.3) is 0 Å². The van der Waals surface area contributed by atoms with Crippen LogP contribution >= 0.6 is 0 Å². The van der Waals surface area contributed by atoms with Gasteiger partial charge in [-0.15, -0.1) is 5.10 Å². The second-order valence-corrected chi connectivity index (χ2v) is 5.45. The van der Waals surface area contributed by atoms with Crippen molar-refractivity contribution in [3.63, 3.8) is 0 Å². The first-order chi connectivity index (χ1) is 10.8. The minimum absolute atomic E-state index is 0.522. The van der Waals surface area contributed by atoms with Gasteiger partial charge in [-0.3, -0.25) is 0 Å². The third-order valence-electron chi connectivity index (χ3n) is 3.97. The van der Waals surface area contributed by atoms with E-state index in [1.165, 1.54) is 11.1 Å². The Hall–Kier alpha value is -2.82. The molecule has 5 heteroatoms. The molecule has 0 spiro atoms. The van der Waals surface area contributed by atoms with Crippen LogP contribution in [-0.4, -0.2) is 16.7 Å². The van der Waals surface area contributed by atoms with E-state index >= 15 is 0 Å². The molecule has 1 aliphatic heterocycles. The van der Waals surface area contributed by atoms with E-state index in [0.717, 1.165) is 30.8 Å². The molecule has 4 rings (SSSR count). The smallest absolute Gasteiger partial charge is 0.318 e. The maximum Gasteiger partial charge on any atom is 0.318 e. The zero-order valence-electron chi connectivity index (χ0n) is 12.1. The number of aromatic nitrogens is 2. The predicted molar refractivity (Wildman–Crippen MR) is 85.3 cm³/mol. The Morgan fingerprint density at radius 1 is 0.955 bits per heavy atom. The van der Waals surface area contributed by atoms with Gasteiger partial charge in [0, 0.05) is 24.3 Å². The highest BCUT2D eigenvalue weighted by Gasteiger charge is 2.20. The maximum absolute atomic E-state index is 5.83. The van der Waals surface area contributed by atoms with E-state index in [-0.39, 0.29) is 0 Å². The summed E-state index contributed by atoms with van der Waals surface area (Å²) >= 11 is 0. The molecule has 0 radical (unpaired) electrons. The van der Waals surface area contributed by atoms with Gasteiger partial charge >= 0.3 is 6.01 Å². The monoisotopic (exact) mass is 292 g/mol. The summed E-state index contributed by atoms with van der Waals surface area (Å²) in [5, 5.41) is 8.34. The number of nitrogens with zero attached hydrogens (tertiary/aromatic N) is 3. The zero-order valence-corrected chi connectivity index (χ0v) is 12.1. The highest BCUT2D eigenvalue weighted by molar-refractivity contribution is 5.57. The largest absolute Gasteiger partial charge is 0.403 e. The fraction of sp³-hybridized carbons (Fsp3) is 0.176. The van der Waals surface area contributed by atoms with Crippen LogP contribution in [0.1, 0.15) is 11.1 Å². The van der Waals surface area contributed by atoms with Crippen LogP contribution in [0, 0.1) is 0 Å². The van der Waals surface area contributed by atoms with Gasteiger partial charge in [-0.1, -0.05) is 29.4 Å². The molecular formula is C17H16N4O. The lowest BCUT2D eigenvalue weighted by molar-refractivity contribution is 0.533. The topological polar surface area (TPSA) is 68.2 Å². The molecule has 0 atom stereocenters. The minimum atomic E-state index is 0.522. The number of rotatable bonds is 2. The molecule has 0 bridgehead atoms. The summed E-state index contributed by atoms with van der Waals surface area (Å²) in [7, 11) is 0. The van der Waals surface area contributed by atoms with E-state index < -0.39 is 0 Å². The Labute approximate surface area is 128 Å². The van der Waals surface area contributed by atoms with Crippen LogP contribution in [-0.2, 0) is 13.0 Å². The molecule has 3 aromatic rings. The quantitative estimate of drug-likeness (QED) is 0.736. The van der Waals surface area contributed by atoms with Crippen LogP contribution in [0.2, 0.25) is 0 Å². The van der Waals surface area contributed by atoms with Crippen molar-refractivity contribution >= 4 is 11.7 Å². The third-order valence-corrected chi connectivity index (χ3v) is 3.97. The van der Waals surface area contributed by atoms with Gasteiger partial charge in [-0.25, -0.2) is 0 Å². The van der Waals surface area contributed by atoms with Gasteiger partial charge in [0.05, 0.1) is 0 Å². The standard InChI is InChI=1S/C17H16N4O/c18-15-7-5-13(6-8-15)16-19-20-17(22-16)21-10-9-12-3-1-2-4-14(12)11-21/h1-8H,9-11,18H2. The number of nitrogen functional groups attached to an aromatic ring is 1. The SMILES string of the molecule is Nc1ccc(-c2nnc(N3CCc4ccccc4C3)o2)cc1. The van der Waals surface area contributed by atoms with Gasteiger partial charge in [-0.05, 0) is 41.8 Å². The first kappa shape index (κ1) is 12.9. The predicted octanol–water partition coefficient (Wildman–Crippen LogP) is 2.88. The second-order valence-electron chi connectivity index (χ2n) is 5.45. The number of fused-ring (bicyclic) bond motifs is 1. The fourth-order valence-electron chi connectivity index (χ4n) is 2.74. The van der Waals surface area contributed by atoms with Crippen LogP contribution in [0.15, 0.2) is 52.9 Å². The maximum atomic E-state index is 5.83. The Bertz CT molecular complexity index is 794. The molecule has 0 saturated heterocycles. The molecule has 1 aromatic heterocycles. The van der Waals surface area contributed by atoms with Crippen molar-refractivity contribution in [3.05, 3.63) is 59.7 Å². The fourth-order valence-corrected chi connectivity index (χ4v) is 2.74. The Balaban J connectivity index is 1.59. The van der Waals surface area contributed by atoms with Crippen molar-refractivity contribution in [3.8, 4) is 11.5 Å². The number of nitrogens with two attached hydrogens (primary N) is 1. The molecule has 2 aromatic carbocycles. The highest BCUT2D eigenvalue weighted by atomic mass is 16.4. The summed E-state index contributed by atoms with van der Waals surface area (Å²) in [6, 6.07) is 16.5.